The van der Waals surface area contributed by atoms with Gasteiger partial charge in [0.2, 0.25) is 5.91 Å². The molecule has 2 unspecified atom stereocenters. The van der Waals surface area contributed by atoms with Gasteiger partial charge in [0.15, 0.2) is 12.4 Å². The van der Waals surface area contributed by atoms with Crippen LogP contribution in [0.3, 0.4) is 0 Å². The molecule has 210 valence electrons. The first-order valence-corrected chi connectivity index (χ1v) is 13.0. The topological polar surface area (TPSA) is 117 Å². The average molecular weight is 554 g/mol. The van der Waals surface area contributed by atoms with Crippen LogP contribution in [0.4, 0.5) is 14.5 Å². The van der Waals surface area contributed by atoms with Crippen molar-refractivity contribution in [1.29, 1.82) is 0 Å². The van der Waals surface area contributed by atoms with Gasteiger partial charge in [-0.15, -0.1) is 0 Å². The number of ether oxygens (including phenoxy) is 2. The molecular weight excluding hydrogens is 524 g/mol. The number of anilines is 1. The molecule has 2 fully saturated rings. The molecule has 5 rings (SSSR count). The molecule has 8 nitrogen and oxygen atoms in total. The molecule has 2 saturated heterocycles. The number of nitrogens with zero attached hydrogens (tertiary/aromatic N) is 1. The first-order valence-electron chi connectivity index (χ1n) is 13.0. The van der Waals surface area contributed by atoms with Crippen LogP contribution < -0.4 is 4.90 Å². The van der Waals surface area contributed by atoms with E-state index in [-0.39, 0.29) is 24.5 Å². The van der Waals surface area contributed by atoms with Gasteiger partial charge in [0.1, 0.15) is 17.4 Å². The maximum absolute atomic E-state index is 13.7. The summed E-state index contributed by atoms with van der Waals surface area (Å²) < 4.78 is 38.9. The Morgan fingerprint density at radius 3 is 2.23 bits per heavy atom. The normalized spacial score (nSPS) is 25.3. The number of halogens is 2. The molecule has 0 radical (unpaired) electrons. The van der Waals surface area contributed by atoms with E-state index in [1.807, 2.05) is 0 Å². The highest BCUT2D eigenvalue weighted by atomic mass is 19.1. The van der Waals surface area contributed by atoms with Crippen molar-refractivity contribution in [2.75, 3.05) is 4.90 Å². The van der Waals surface area contributed by atoms with Crippen LogP contribution >= 0.6 is 0 Å². The highest BCUT2D eigenvalue weighted by Crippen LogP contribution is 2.47. The van der Waals surface area contributed by atoms with Gasteiger partial charge >= 0.3 is 5.97 Å². The lowest BCUT2D eigenvalue weighted by molar-refractivity contribution is -0.239. The molecule has 0 aliphatic carbocycles. The Hall–Kier alpha value is -3.86. The van der Waals surface area contributed by atoms with Gasteiger partial charge < -0.3 is 29.7 Å². The summed E-state index contributed by atoms with van der Waals surface area (Å²) in [6.07, 6.45) is -3.18. The van der Waals surface area contributed by atoms with Crippen LogP contribution in [0.25, 0.3) is 0 Å². The summed E-state index contributed by atoms with van der Waals surface area (Å²) in [6.45, 7) is 0. The summed E-state index contributed by atoms with van der Waals surface area (Å²) in [4.78, 5) is 26.5. The number of amides is 1. The molecule has 6 atom stereocenters. The van der Waals surface area contributed by atoms with Crippen LogP contribution in [0.2, 0.25) is 0 Å². The van der Waals surface area contributed by atoms with E-state index < -0.39 is 54.2 Å². The monoisotopic (exact) mass is 553 g/mol. The Bertz CT molecular complexity index is 1330. The predicted octanol–water partition coefficient (Wildman–Crippen LogP) is 4.86. The fourth-order valence-electron chi connectivity index (χ4n) is 5.38. The number of carbonyl (C=O) groups excluding carboxylic acids is 1. The van der Waals surface area contributed by atoms with Crippen molar-refractivity contribution in [1.82, 2.24) is 0 Å². The van der Waals surface area contributed by atoms with E-state index in [4.69, 9.17) is 9.47 Å². The number of carboxylic acid groups (broad SMARTS) is 1. The van der Waals surface area contributed by atoms with E-state index in [1.165, 1.54) is 48.5 Å². The third-order valence-corrected chi connectivity index (χ3v) is 7.39. The molecule has 0 spiro atoms. The van der Waals surface area contributed by atoms with E-state index >= 15 is 0 Å². The number of hydrogen-bond acceptors (Lipinski definition) is 6. The van der Waals surface area contributed by atoms with Crippen molar-refractivity contribution in [3.63, 3.8) is 0 Å². The van der Waals surface area contributed by atoms with E-state index in [0.717, 1.165) is 5.56 Å². The molecule has 0 saturated carbocycles. The van der Waals surface area contributed by atoms with E-state index in [9.17, 15) is 33.7 Å². The molecule has 0 bridgehead atoms. The van der Waals surface area contributed by atoms with Gasteiger partial charge in [0.25, 0.3) is 0 Å². The Balaban J connectivity index is 1.38. The van der Waals surface area contributed by atoms with Crippen LogP contribution in [-0.4, -0.2) is 45.7 Å². The van der Waals surface area contributed by atoms with Gasteiger partial charge in [-0.2, -0.15) is 0 Å². The molecule has 10 heteroatoms. The number of carboxylic acids is 1. The van der Waals surface area contributed by atoms with Crippen molar-refractivity contribution >= 4 is 17.6 Å². The first-order chi connectivity index (χ1) is 19.2. The summed E-state index contributed by atoms with van der Waals surface area (Å²) in [5.74, 6) is -2.63. The van der Waals surface area contributed by atoms with Crippen LogP contribution in [0.5, 0.6) is 5.75 Å². The number of hydrogen-bond donors (Lipinski definition) is 3. The maximum atomic E-state index is 13.7. The van der Waals surface area contributed by atoms with Crippen LogP contribution in [-0.2, 0) is 19.1 Å². The molecule has 2 aliphatic rings. The van der Waals surface area contributed by atoms with Crippen LogP contribution in [0, 0.1) is 17.6 Å². The Morgan fingerprint density at radius 1 is 0.975 bits per heavy atom. The van der Waals surface area contributed by atoms with E-state index in [2.05, 4.69) is 0 Å². The average Bonchev–Trinajstić information content (AvgIpc) is 2.93. The standard InChI is InChI=1S/C30H29F2NO7/c31-19-5-1-17(2-6-19)25(39-27-16-23(35)15-26(40-27)30(37)38)14-13-24-28(18-3-11-22(34)12-4-18)33(29(24)36)21-9-7-20(32)8-10-21/h1-12,23-28,34-35H,13-16H2,(H,37,38)/t23-,24?,25-,26-,27+,28?/m0/s1. The number of β-lactam (4-membered cyclic amide) rings is 1. The second-order valence-electron chi connectivity index (χ2n) is 10.1. The third-order valence-electron chi connectivity index (χ3n) is 7.39. The zero-order valence-electron chi connectivity index (χ0n) is 21.4. The number of rotatable bonds is 9. The largest absolute Gasteiger partial charge is 0.508 e. The van der Waals surface area contributed by atoms with Crippen molar-refractivity contribution < 1.29 is 43.2 Å². The zero-order valence-corrected chi connectivity index (χ0v) is 21.4. The first kappa shape index (κ1) is 27.7. The Kier molecular flexibility index (Phi) is 8.11. The Morgan fingerprint density at radius 2 is 1.60 bits per heavy atom. The minimum atomic E-state index is -1.22. The van der Waals surface area contributed by atoms with Gasteiger partial charge in [0.05, 0.1) is 24.2 Å². The highest BCUT2D eigenvalue weighted by molar-refractivity contribution is 6.03. The number of phenols is 1. The van der Waals surface area contributed by atoms with Crippen molar-refractivity contribution in [2.45, 2.75) is 56.3 Å². The molecule has 2 heterocycles. The SMILES string of the molecule is O=C(O)[C@@H]1C[C@H](O)C[C@H](O[C@@H](CCC2C(=O)N(c3ccc(F)cc3)C2c2ccc(O)cc2)c2ccc(F)cc2)O1. The fourth-order valence-corrected chi connectivity index (χ4v) is 5.38. The minimum absolute atomic E-state index is 0.0550. The van der Waals surface area contributed by atoms with Crippen molar-refractivity contribution in [2.24, 2.45) is 5.92 Å². The number of benzene rings is 3. The highest BCUT2D eigenvalue weighted by Gasteiger charge is 2.48. The summed E-state index contributed by atoms with van der Waals surface area (Å²) in [5.41, 5.74) is 1.94. The number of aliphatic hydroxyl groups is 1. The van der Waals surface area contributed by atoms with Gasteiger partial charge in [0, 0.05) is 18.5 Å². The molecule has 2 aliphatic heterocycles. The van der Waals surface area contributed by atoms with Gasteiger partial charge in [-0.1, -0.05) is 24.3 Å². The van der Waals surface area contributed by atoms with Crippen molar-refractivity contribution in [3.05, 3.63) is 95.6 Å². The third kappa shape index (κ3) is 5.99. The lowest BCUT2D eigenvalue weighted by atomic mass is 9.78. The lowest BCUT2D eigenvalue weighted by Crippen LogP contribution is -2.55. The molecule has 3 N–H and O–H groups in total. The summed E-state index contributed by atoms with van der Waals surface area (Å²) in [6, 6.07) is 17.4. The second kappa shape index (κ2) is 11.7. The predicted molar refractivity (Wildman–Crippen MR) is 139 cm³/mol. The Labute approximate surface area is 229 Å². The van der Waals surface area contributed by atoms with Gasteiger partial charge in [-0.25, -0.2) is 13.6 Å². The number of phenolic OH excluding ortho intramolecular Hbond substituents is 1. The zero-order chi connectivity index (χ0) is 28.4. The smallest absolute Gasteiger partial charge is 0.333 e. The van der Waals surface area contributed by atoms with Crippen molar-refractivity contribution in [3.8, 4) is 5.75 Å². The number of carbonyl (C=O) groups is 2. The van der Waals surface area contributed by atoms with Crippen LogP contribution in [0.15, 0.2) is 72.8 Å². The van der Waals surface area contributed by atoms with Gasteiger partial charge in [-0.05, 0) is 72.5 Å². The molecule has 40 heavy (non-hydrogen) atoms. The summed E-state index contributed by atoms with van der Waals surface area (Å²) in [5, 5.41) is 29.3. The summed E-state index contributed by atoms with van der Waals surface area (Å²) >= 11 is 0. The maximum Gasteiger partial charge on any atom is 0.333 e. The number of aromatic hydroxyl groups is 1. The lowest BCUT2D eigenvalue weighted by Gasteiger charge is -2.48. The second-order valence-corrected chi connectivity index (χ2v) is 10.1. The molecule has 3 aromatic rings. The molecule has 0 aromatic heterocycles. The minimum Gasteiger partial charge on any atom is -0.508 e. The molecule has 3 aromatic carbocycles. The van der Waals surface area contributed by atoms with E-state index in [1.54, 1.807) is 29.2 Å². The quantitative estimate of drug-likeness (QED) is 0.324. The van der Waals surface area contributed by atoms with Gasteiger partial charge in [-0.3, -0.25) is 4.79 Å². The molecule has 1 amide bonds. The number of aliphatic carboxylic acids is 1. The molecular formula is C30H29F2NO7. The fraction of sp³-hybridized carbons (Fsp3) is 0.333. The van der Waals surface area contributed by atoms with Crippen LogP contribution in [0.1, 0.15) is 49.0 Å². The van der Waals surface area contributed by atoms with E-state index in [0.29, 0.717) is 24.1 Å². The summed E-state index contributed by atoms with van der Waals surface area (Å²) in [7, 11) is 0. The number of aliphatic hydroxyl groups excluding tert-OH is 1.